The van der Waals surface area contributed by atoms with Gasteiger partial charge in [-0.1, -0.05) is 30.3 Å². The molecule has 3 saturated heterocycles. The number of imide groups is 1. The highest BCUT2D eigenvalue weighted by Crippen LogP contribution is 2.52. The molecule has 0 radical (unpaired) electrons. The van der Waals surface area contributed by atoms with Gasteiger partial charge in [-0.15, -0.1) is 11.3 Å². The van der Waals surface area contributed by atoms with Gasteiger partial charge in [-0.3, -0.25) is 14.6 Å². The number of rotatable bonds is 2. The van der Waals surface area contributed by atoms with E-state index in [4.69, 9.17) is 9.72 Å². The molecule has 30 heavy (non-hydrogen) atoms. The van der Waals surface area contributed by atoms with Gasteiger partial charge in [-0.05, 0) is 19.4 Å². The smallest absolute Gasteiger partial charge is 0.326 e. The van der Waals surface area contributed by atoms with Gasteiger partial charge in [-0.25, -0.2) is 9.78 Å². The van der Waals surface area contributed by atoms with E-state index < -0.39 is 0 Å². The number of aryl methyl sites for hydroxylation is 1. The quantitative estimate of drug-likeness (QED) is 0.739. The summed E-state index contributed by atoms with van der Waals surface area (Å²) < 4.78 is 6.33. The van der Waals surface area contributed by atoms with Gasteiger partial charge in [0.1, 0.15) is 11.1 Å². The zero-order valence-electron chi connectivity index (χ0n) is 17.6. The highest BCUT2D eigenvalue weighted by atomic mass is 32.1. The average molecular weight is 427 g/mol. The average Bonchev–Trinajstić information content (AvgIpc) is 3.34. The molecular formula is C22H26N4O3S. The van der Waals surface area contributed by atoms with E-state index in [1.807, 2.05) is 30.5 Å². The molecule has 8 heteroatoms. The van der Waals surface area contributed by atoms with Crippen LogP contribution >= 0.6 is 11.3 Å². The van der Waals surface area contributed by atoms with Crippen LogP contribution < -0.4 is 0 Å². The van der Waals surface area contributed by atoms with E-state index in [1.54, 1.807) is 30.3 Å². The maximum atomic E-state index is 13.4. The lowest BCUT2D eigenvalue weighted by Gasteiger charge is -2.46. The summed E-state index contributed by atoms with van der Waals surface area (Å²) in [6.45, 7) is 4.67. The van der Waals surface area contributed by atoms with Crippen molar-refractivity contribution in [3.8, 4) is 0 Å². The molecule has 3 fully saturated rings. The van der Waals surface area contributed by atoms with Crippen LogP contribution in [0.1, 0.15) is 35.3 Å². The summed E-state index contributed by atoms with van der Waals surface area (Å²) >= 11 is 1.58. The van der Waals surface area contributed by atoms with Crippen LogP contribution in [0, 0.1) is 12.8 Å². The normalized spacial score (nSPS) is 34.3. The van der Waals surface area contributed by atoms with Gasteiger partial charge in [0.25, 0.3) is 0 Å². The molecule has 3 aliphatic rings. The summed E-state index contributed by atoms with van der Waals surface area (Å²) in [6, 6.07) is 9.50. The summed E-state index contributed by atoms with van der Waals surface area (Å²) in [7, 11) is 3.39. The Balaban J connectivity index is 1.68. The first-order valence-electron chi connectivity index (χ1n) is 10.3. The lowest BCUT2D eigenvalue weighted by Crippen LogP contribution is -2.62. The number of urea groups is 1. The van der Waals surface area contributed by atoms with Crippen molar-refractivity contribution >= 4 is 23.3 Å². The second kappa shape index (κ2) is 7.14. The fraction of sp³-hybridized carbons (Fsp3) is 0.500. The number of morpholine rings is 1. The Labute approximate surface area is 180 Å². The third kappa shape index (κ3) is 2.74. The number of carbonyl (C=O) groups excluding carboxylic acids is 2. The first-order valence-corrected chi connectivity index (χ1v) is 11.2. The Bertz CT molecular complexity index is 980. The Morgan fingerprint density at radius 1 is 1.13 bits per heavy atom. The van der Waals surface area contributed by atoms with Crippen LogP contribution in [0.15, 0.2) is 35.7 Å². The minimum atomic E-state index is -0.349. The van der Waals surface area contributed by atoms with Gasteiger partial charge in [-0.2, -0.15) is 0 Å². The molecule has 0 spiro atoms. The number of likely N-dealkylation sites (N-methyl/N-ethyl adjacent to an activating group) is 1. The minimum absolute atomic E-state index is 0.115. The van der Waals surface area contributed by atoms with Crippen LogP contribution in [-0.2, 0) is 9.53 Å². The monoisotopic (exact) mass is 426 g/mol. The fourth-order valence-electron chi connectivity index (χ4n) is 5.46. The number of fused-ring (bicyclic) bond motifs is 3. The third-order valence-electron chi connectivity index (χ3n) is 6.73. The molecule has 1 aromatic heterocycles. The highest BCUT2D eigenvalue weighted by Gasteiger charge is 2.63. The molecule has 7 nitrogen and oxygen atoms in total. The van der Waals surface area contributed by atoms with E-state index in [2.05, 4.69) is 24.0 Å². The number of carbonyl (C=O) groups is 2. The van der Waals surface area contributed by atoms with Crippen molar-refractivity contribution in [3.05, 3.63) is 52.0 Å². The number of hydrogen-bond acceptors (Lipinski definition) is 6. The maximum absolute atomic E-state index is 13.4. The molecule has 158 valence electrons. The van der Waals surface area contributed by atoms with Crippen molar-refractivity contribution < 1.29 is 14.3 Å². The summed E-state index contributed by atoms with van der Waals surface area (Å²) in [6.07, 6.45) is -0.271. The van der Waals surface area contributed by atoms with Crippen molar-refractivity contribution in [2.75, 3.05) is 20.7 Å². The lowest BCUT2D eigenvalue weighted by atomic mass is 9.85. The van der Waals surface area contributed by atoms with Gasteiger partial charge >= 0.3 is 6.03 Å². The summed E-state index contributed by atoms with van der Waals surface area (Å²) in [5.74, 6) is -0.467. The topological polar surface area (TPSA) is 66.0 Å². The number of hydrogen-bond donors (Lipinski definition) is 0. The Hall–Kier alpha value is -2.29. The second-order valence-electron chi connectivity index (χ2n) is 8.53. The van der Waals surface area contributed by atoms with E-state index in [9.17, 15) is 9.59 Å². The molecule has 0 N–H and O–H groups in total. The van der Waals surface area contributed by atoms with E-state index >= 15 is 0 Å². The molecule has 0 bridgehead atoms. The van der Waals surface area contributed by atoms with Gasteiger partial charge in [0.2, 0.25) is 5.91 Å². The zero-order valence-corrected chi connectivity index (χ0v) is 18.4. The number of aromatic nitrogens is 1. The molecule has 0 aliphatic carbocycles. The molecule has 2 aromatic rings. The van der Waals surface area contributed by atoms with Crippen LogP contribution in [0.5, 0.6) is 0 Å². The number of amides is 3. The Kier molecular flexibility index (Phi) is 4.68. The largest absolute Gasteiger partial charge is 0.368 e. The predicted molar refractivity (Wildman–Crippen MR) is 113 cm³/mol. The fourth-order valence-corrected chi connectivity index (χ4v) is 6.34. The molecule has 6 atom stereocenters. The third-order valence-corrected chi connectivity index (χ3v) is 7.76. The van der Waals surface area contributed by atoms with Crippen LogP contribution in [-0.4, -0.2) is 70.4 Å². The summed E-state index contributed by atoms with van der Waals surface area (Å²) in [4.78, 5) is 36.4. The van der Waals surface area contributed by atoms with Crippen molar-refractivity contribution in [1.82, 2.24) is 19.7 Å². The van der Waals surface area contributed by atoms with Gasteiger partial charge in [0.15, 0.2) is 0 Å². The second-order valence-corrected chi connectivity index (χ2v) is 9.42. The molecule has 5 unspecified atom stereocenters. The SMILES string of the molecule is Cc1csc(C2OC[C@@H](C)N3C(c4ccccc4)C4C(=O)N(C)C(=O)N(C)C4C23)n1. The highest BCUT2D eigenvalue weighted by molar-refractivity contribution is 7.09. The molecule has 0 saturated carbocycles. The summed E-state index contributed by atoms with van der Waals surface area (Å²) in [5.41, 5.74) is 2.06. The zero-order chi connectivity index (χ0) is 21.2. The molecular weight excluding hydrogens is 400 g/mol. The maximum Gasteiger partial charge on any atom is 0.326 e. The van der Waals surface area contributed by atoms with Crippen molar-refractivity contribution in [2.24, 2.45) is 5.92 Å². The number of ether oxygens (including phenoxy) is 1. The Morgan fingerprint density at radius 2 is 1.87 bits per heavy atom. The van der Waals surface area contributed by atoms with Crippen LogP contribution in [0.3, 0.4) is 0 Å². The first kappa shape index (κ1) is 19.7. The molecule has 3 amide bonds. The van der Waals surface area contributed by atoms with Gasteiger partial charge in [0.05, 0.1) is 24.6 Å². The standard InChI is InChI=1S/C22H26N4O3S/c1-12-11-30-20(23-12)19-18-17-15(21(27)25(4)22(28)24(17)3)16(14-8-6-5-7-9-14)26(18)13(2)10-29-19/h5-9,11,13,15-19H,10H2,1-4H3/t13-,15?,16?,17?,18?,19?/m1/s1. The van der Waals surface area contributed by atoms with E-state index in [-0.39, 0.29) is 48.1 Å². The van der Waals surface area contributed by atoms with Crippen molar-refractivity contribution in [3.63, 3.8) is 0 Å². The predicted octanol–water partition coefficient (Wildman–Crippen LogP) is 2.85. The summed E-state index contributed by atoms with van der Waals surface area (Å²) in [5, 5.41) is 2.94. The van der Waals surface area contributed by atoms with Gasteiger partial charge < -0.3 is 9.64 Å². The molecule has 3 aliphatic heterocycles. The van der Waals surface area contributed by atoms with Crippen molar-refractivity contribution in [1.29, 1.82) is 0 Å². The molecule has 1 aromatic carbocycles. The number of benzene rings is 1. The van der Waals surface area contributed by atoms with Gasteiger partial charge in [0, 0.05) is 37.3 Å². The van der Waals surface area contributed by atoms with Crippen LogP contribution in [0.25, 0.3) is 0 Å². The minimum Gasteiger partial charge on any atom is -0.368 e. The molecule has 5 rings (SSSR count). The molecule has 4 heterocycles. The van der Waals surface area contributed by atoms with Crippen LogP contribution in [0.2, 0.25) is 0 Å². The van der Waals surface area contributed by atoms with E-state index in [0.29, 0.717) is 6.61 Å². The lowest BCUT2D eigenvalue weighted by molar-refractivity contribution is -0.137. The van der Waals surface area contributed by atoms with E-state index in [1.165, 1.54) is 4.90 Å². The van der Waals surface area contributed by atoms with Crippen molar-refractivity contribution in [2.45, 2.75) is 44.1 Å². The number of nitrogens with zero attached hydrogens (tertiary/aromatic N) is 4. The number of thiazole rings is 1. The van der Waals surface area contributed by atoms with Crippen LogP contribution in [0.4, 0.5) is 4.79 Å². The Morgan fingerprint density at radius 3 is 2.53 bits per heavy atom. The first-order chi connectivity index (χ1) is 14.4. The van der Waals surface area contributed by atoms with E-state index in [0.717, 1.165) is 16.3 Å².